The number of carbonyl (C=O) groups excluding carboxylic acids is 1. The fourth-order valence-corrected chi connectivity index (χ4v) is 23.2. The predicted octanol–water partition coefficient (Wildman–Crippen LogP) is 6.63. The van der Waals surface area contributed by atoms with E-state index < -0.39 is 54.5 Å². The third-order valence-electron chi connectivity index (χ3n) is 5.77. The molecule has 2 atom stereocenters. The van der Waals surface area contributed by atoms with Crippen molar-refractivity contribution in [2.45, 2.75) is 90.1 Å². The molecule has 0 amide bonds. The third-order valence-corrected chi connectivity index (χ3v) is 21.6. The molecule has 2 unspecified atom stereocenters. The van der Waals surface area contributed by atoms with Gasteiger partial charge in [-0.15, -0.1) is 0 Å². The van der Waals surface area contributed by atoms with Crippen molar-refractivity contribution in [2.75, 3.05) is 19.7 Å². The maximum Gasteiger partial charge on any atom is 0.350 e. The summed E-state index contributed by atoms with van der Waals surface area (Å²) in [5.41, 5.74) is -0.271. The van der Waals surface area contributed by atoms with E-state index in [2.05, 4.69) is 39.3 Å². The number of rotatable bonds is 16. The Hall–Kier alpha value is -1.33. The molecule has 8 nitrogen and oxygen atoms in total. The highest BCUT2D eigenvalue weighted by Gasteiger charge is 2.48. The van der Waals surface area contributed by atoms with Gasteiger partial charge < -0.3 is 22.0 Å². The van der Waals surface area contributed by atoms with Gasteiger partial charge in [0, 0.05) is 18.6 Å². The number of hydrogen-bond donors (Lipinski definition) is 0. The summed E-state index contributed by atoms with van der Waals surface area (Å²) in [5.74, 6) is -0.904. The van der Waals surface area contributed by atoms with E-state index in [9.17, 15) is 13.2 Å². The van der Waals surface area contributed by atoms with Crippen LogP contribution < -0.4 is 0 Å². The number of hydrogen-bond acceptors (Lipinski definition) is 8. The first-order valence-corrected chi connectivity index (χ1v) is 27.4. The fraction of sp³-hybridized carbons (Fsp3) is 0.593. The molecule has 40 heavy (non-hydrogen) atoms. The van der Waals surface area contributed by atoms with Crippen LogP contribution >= 0.6 is 0 Å². The number of nitrogens with zero attached hydrogens (tertiary/aromatic N) is 1. The summed E-state index contributed by atoms with van der Waals surface area (Å²) in [5, 5.41) is 0. The molecule has 0 radical (unpaired) electrons. The van der Waals surface area contributed by atoms with Crippen LogP contribution in [0, 0.1) is 0 Å². The molecule has 1 aromatic carbocycles. The van der Waals surface area contributed by atoms with Gasteiger partial charge in [0.05, 0.1) is 11.5 Å². The Bertz CT molecular complexity index is 1130. The van der Waals surface area contributed by atoms with Gasteiger partial charge in [0.1, 0.15) is 0 Å². The number of ether oxygens (including phenoxy) is 1. The van der Waals surface area contributed by atoms with Gasteiger partial charge in [-0.1, -0.05) is 25.1 Å². The molecular weight excluding hydrogens is 595 g/mol. The average molecular weight is 646 g/mol. The van der Waals surface area contributed by atoms with Gasteiger partial charge in [-0.3, -0.25) is 0 Å². The normalized spacial score (nSPS) is 16.1. The Morgan fingerprint density at radius 1 is 0.875 bits per heavy atom. The van der Waals surface area contributed by atoms with Crippen molar-refractivity contribution in [3.8, 4) is 0 Å². The van der Waals surface area contributed by atoms with Crippen molar-refractivity contribution >= 4 is 49.6 Å². The van der Waals surface area contributed by atoms with Gasteiger partial charge in [-0.25, -0.2) is 13.2 Å². The fourth-order valence-electron chi connectivity index (χ4n) is 4.18. The summed E-state index contributed by atoms with van der Waals surface area (Å²) in [7, 11) is -13.5. The molecule has 0 saturated carbocycles. The molecule has 0 aliphatic rings. The lowest BCUT2D eigenvalue weighted by atomic mass is 10.4. The number of allylic oxidation sites excluding steroid dienone is 2. The second kappa shape index (κ2) is 14.7. The molecule has 0 aromatic heterocycles. The van der Waals surface area contributed by atoms with Crippen LogP contribution in [-0.4, -0.2) is 72.7 Å². The van der Waals surface area contributed by atoms with Gasteiger partial charge in [0.15, 0.2) is 21.5 Å². The van der Waals surface area contributed by atoms with Crippen molar-refractivity contribution < 1.29 is 30.3 Å². The maximum absolute atomic E-state index is 13.5. The molecular formula is C27H51NO7SSi4. The number of carbonyl (C=O) groups is 1. The molecule has 0 fully saturated rings. The number of esters is 1. The van der Waals surface area contributed by atoms with Gasteiger partial charge in [0.25, 0.3) is 0 Å². The molecule has 0 aliphatic heterocycles. The first-order chi connectivity index (χ1) is 18.2. The average Bonchev–Trinajstić information content (AvgIpc) is 2.79. The van der Waals surface area contributed by atoms with E-state index in [4.69, 9.17) is 17.1 Å². The molecule has 0 heterocycles. The van der Waals surface area contributed by atoms with E-state index in [0.29, 0.717) is 0 Å². The van der Waals surface area contributed by atoms with Gasteiger partial charge in [-0.05, 0) is 103 Å². The highest BCUT2D eigenvalue weighted by Crippen LogP contribution is 2.33. The summed E-state index contributed by atoms with van der Waals surface area (Å²) in [6, 6.07) is 7.92. The smallest absolute Gasteiger partial charge is 0.350 e. The van der Waals surface area contributed by atoms with Crippen LogP contribution in [0.3, 0.4) is 0 Å². The highest BCUT2D eigenvalue weighted by atomic mass is 32.2. The Labute approximate surface area is 247 Å². The highest BCUT2D eigenvalue weighted by molar-refractivity contribution is 7.96. The van der Waals surface area contributed by atoms with Crippen LogP contribution in [0.4, 0.5) is 0 Å². The van der Waals surface area contributed by atoms with Crippen LogP contribution in [0.5, 0.6) is 0 Å². The minimum absolute atomic E-state index is 0.0309. The molecule has 13 heteroatoms. The van der Waals surface area contributed by atoms with Gasteiger partial charge in [0.2, 0.25) is 9.84 Å². The van der Waals surface area contributed by atoms with Crippen molar-refractivity contribution in [3.63, 3.8) is 0 Å². The molecule has 0 saturated heterocycles. The van der Waals surface area contributed by atoms with Gasteiger partial charge in [-0.2, -0.15) is 0 Å². The SMILES string of the molecule is CCN(/C=C/C=C(\C(=O)OCC(C)[Si](C)(O[Si](C)(C)C)O[Si](C)(C)O[Si](C)(C)C)S(=O)(=O)c1ccccc1)CC. The summed E-state index contributed by atoms with van der Waals surface area (Å²) < 4.78 is 52.5. The standard InChI is InChI=1S/C27H51NO7SSi4/c1-13-28(14-2)22-18-21-26(36(30,31)25-19-16-15-17-20-25)27(29)32-23-24(3)40(12,34-38(7,8)9)35-39(10,11)33-37(4,5)6/h15-22,24H,13-14,23H2,1-12H3/b22-18+,26-21+. The minimum Gasteiger partial charge on any atom is -0.461 e. The van der Waals surface area contributed by atoms with E-state index >= 15 is 0 Å². The first kappa shape index (κ1) is 36.7. The summed E-state index contributed by atoms with van der Waals surface area (Å²) in [6.45, 7) is 26.1. The lowest BCUT2D eigenvalue weighted by Crippen LogP contribution is -2.59. The topological polar surface area (TPSA) is 91.4 Å². The molecule has 1 aromatic rings. The Balaban J connectivity index is 3.33. The van der Waals surface area contributed by atoms with Crippen LogP contribution in [0.15, 0.2) is 58.5 Å². The Morgan fingerprint density at radius 3 is 1.88 bits per heavy atom. The van der Waals surface area contributed by atoms with Crippen LogP contribution in [-0.2, 0) is 31.7 Å². The molecule has 1 rings (SSSR count). The van der Waals surface area contributed by atoms with E-state index in [1.165, 1.54) is 18.2 Å². The monoisotopic (exact) mass is 645 g/mol. The quantitative estimate of drug-likeness (QED) is 0.0857. The maximum atomic E-state index is 13.5. The largest absolute Gasteiger partial charge is 0.461 e. The molecule has 0 bridgehead atoms. The zero-order chi connectivity index (χ0) is 31.0. The second-order valence-corrected chi connectivity index (χ2v) is 31.0. The zero-order valence-corrected chi connectivity index (χ0v) is 31.3. The van der Waals surface area contributed by atoms with E-state index in [0.717, 1.165) is 13.1 Å². The van der Waals surface area contributed by atoms with Gasteiger partial charge >= 0.3 is 23.1 Å². The Kier molecular flexibility index (Phi) is 13.5. The van der Waals surface area contributed by atoms with Crippen molar-refractivity contribution in [1.29, 1.82) is 0 Å². The van der Waals surface area contributed by atoms with E-state index in [1.54, 1.807) is 30.5 Å². The van der Waals surface area contributed by atoms with E-state index in [1.807, 2.05) is 45.3 Å². The minimum atomic E-state index is -4.11. The molecule has 0 N–H and O–H groups in total. The number of sulfone groups is 1. The molecule has 228 valence electrons. The van der Waals surface area contributed by atoms with Crippen molar-refractivity contribution in [1.82, 2.24) is 4.90 Å². The molecule has 0 spiro atoms. The summed E-state index contributed by atoms with van der Waals surface area (Å²) in [6.07, 6.45) is 4.66. The van der Waals surface area contributed by atoms with Crippen LogP contribution in [0.25, 0.3) is 0 Å². The Morgan fingerprint density at radius 2 is 1.40 bits per heavy atom. The van der Waals surface area contributed by atoms with Crippen LogP contribution in [0.2, 0.25) is 64.5 Å². The number of benzene rings is 1. The lowest BCUT2D eigenvalue weighted by molar-refractivity contribution is -0.138. The zero-order valence-electron chi connectivity index (χ0n) is 26.5. The van der Waals surface area contributed by atoms with Crippen molar-refractivity contribution in [3.05, 3.63) is 53.6 Å². The summed E-state index contributed by atoms with van der Waals surface area (Å²) in [4.78, 5) is 15.0. The second-order valence-electron chi connectivity index (χ2n) is 12.4. The van der Waals surface area contributed by atoms with E-state index in [-0.39, 0.29) is 17.0 Å². The predicted molar refractivity (Wildman–Crippen MR) is 173 cm³/mol. The lowest BCUT2D eigenvalue weighted by Gasteiger charge is -2.43. The molecule has 0 aliphatic carbocycles. The first-order valence-electron chi connectivity index (χ1n) is 13.9. The summed E-state index contributed by atoms with van der Waals surface area (Å²) >= 11 is 0. The third kappa shape index (κ3) is 12.3. The van der Waals surface area contributed by atoms with Crippen LogP contribution in [0.1, 0.15) is 20.8 Å². The van der Waals surface area contributed by atoms with Crippen molar-refractivity contribution in [2.24, 2.45) is 0 Å².